The van der Waals surface area contributed by atoms with Gasteiger partial charge in [-0.3, -0.25) is 9.69 Å². The van der Waals surface area contributed by atoms with Crippen molar-refractivity contribution in [3.05, 3.63) is 0 Å². The highest BCUT2D eigenvalue weighted by atomic mass is 16.2. The monoisotopic (exact) mass is 265 g/mol. The van der Waals surface area contributed by atoms with E-state index in [9.17, 15) is 10.1 Å². The molecule has 0 aliphatic carbocycles. The second-order valence-corrected chi connectivity index (χ2v) is 6.06. The van der Waals surface area contributed by atoms with E-state index in [2.05, 4.69) is 16.3 Å². The number of likely N-dealkylation sites (tertiary alicyclic amines) is 1. The molecule has 1 fully saturated rings. The summed E-state index contributed by atoms with van der Waals surface area (Å²) in [6.07, 6.45) is 6.19. The molecule has 1 saturated heterocycles. The predicted octanol–water partition coefficient (Wildman–Crippen LogP) is 2.31. The van der Waals surface area contributed by atoms with Crippen molar-refractivity contribution in [2.45, 2.75) is 58.4 Å². The van der Waals surface area contributed by atoms with Gasteiger partial charge in [0, 0.05) is 0 Å². The van der Waals surface area contributed by atoms with Crippen LogP contribution < -0.4 is 5.32 Å². The van der Waals surface area contributed by atoms with E-state index in [-0.39, 0.29) is 11.8 Å². The van der Waals surface area contributed by atoms with Crippen molar-refractivity contribution < 1.29 is 4.79 Å². The number of hydrogen-bond acceptors (Lipinski definition) is 3. The summed E-state index contributed by atoms with van der Waals surface area (Å²) in [6, 6.07) is 2.22. The molecule has 1 aliphatic heterocycles. The van der Waals surface area contributed by atoms with Gasteiger partial charge in [0.2, 0.25) is 5.91 Å². The second kappa shape index (κ2) is 7.49. The lowest BCUT2D eigenvalue weighted by Gasteiger charge is -2.29. The van der Waals surface area contributed by atoms with Crippen LogP contribution in [0, 0.1) is 17.2 Å². The van der Waals surface area contributed by atoms with Gasteiger partial charge in [-0.2, -0.15) is 5.26 Å². The van der Waals surface area contributed by atoms with Crippen molar-refractivity contribution in [3.8, 4) is 6.07 Å². The van der Waals surface area contributed by atoms with Crippen molar-refractivity contribution >= 4 is 5.91 Å². The Morgan fingerprint density at radius 1 is 1.26 bits per heavy atom. The summed E-state index contributed by atoms with van der Waals surface area (Å²) in [6.45, 7) is 8.13. The molecule has 1 N–H and O–H groups in total. The zero-order valence-electron chi connectivity index (χ0n) is 12.5. The molecule has 0 spiro atoms. The third-order valence-corrected chi connectivity index (χ3v) is 4.10. The van der Waals surface area contributed by atoms with Gasteiger partial charge in [0.05, 0.1) is 12.6 Å². The first-order chi connectivity index (χ1) is 8.98. The van der Waals surface area contributed by atoms with Crippen LogP contribution in [0.2, 0.25) is 0 Å². The summed E-state index contributed by atoms with van der Waals surface area (Å²) in [4.78, 5) is 14.3. The van der Waals surface area contributed by atoms with E-state index in [0.717, 1.165) is 13.1 Å². The summed E-state index contributed by atoms with van der Waals surface area (Å²) in [7, 11) is 0. The van der Waals surface area contributed by atoms with Crippen LogP contribution in [-0.4, -0.2) is 36.0 Å². The number of nitrogens with one attached hydrogen (secondary N) is 1. The van der Waals surface area contributed by atoms with E-state index in [4.69, 9.17) is 0 Å². The lowest BCUT2D eigenvalue weighted by Crippen LogP contribution is -2.52. The third-order valence-electron chi connectivity index (χ3n) is 4.10. The molecule has 0 saturated carbocycles. The lowest BCUT2D eigenvalue weighted by molar-refractivity contribution is -0.124. The first-order valence-corrected chi connectivity index (χ1v) is 7.42. The average molecular weight is 265 g/mol. The van der Waals surface area contributed by atoms with E-state index in [1.54, 1.807) is 6.92 Å². The minimum absolute atomic E-state index is 0.0293. The van der Waals surface area contributed by atoms with Gasteiger partial charge in [0.1, 0.15) is 5.54 Å². The predicted molar refractivity (Wildman–Crippen MR) is 76.5 cm³/mol. The van der Waals surface area contributed by atoms with Gasteiger partial charge in [0.25, 0.3) is 0 Å². The number of nitriles is 1. The van der Waals surface area contributed by atoms with Crippen LogP contribution >= 0.6 is 0 Å². The normalized spacial score (nSPS) is 21.0. The van der Waals surface area contributed by atoms with Gasteiger partial charge >= 0.3 is 0 Å². The molecule has 0 aromatic heterocycles. The Morgan fingerprint density at radius 3 is 2.26 bits per heavy atom. The van der Waals surface area contributed by atoms with Crippen molar-refractivity contribution in [2.24, 2.45) is 5.92 Å². The second-order valence-electron chi connectivity index (χ2n) is 6.06. The van der Waals surface area contributed by atoms with Gasteiger partial charge < -0.3 is 5.32 Å². The number of rotatable bonds is 4. The van der Waals surface area contributed by atoms with E-state index in [1.165, 1.54) is 32.1 Å². The van der Waals surface area contributed by atoms with Crippen LogP contribution in [0.15, 0.2) is 0 Å². The quantitative estimate of drug-likeness (QED) is 0.848. The first kappa shape index (κ1) is 16.0. The minimum atomic E-state index is -0.764. The van der Waals surface area contributed by atoms with Crippen molar-refractivity contribution in [2.75, 3.05) is 19.6 Å². The zero-order chi connectivity index (χ0) is 14.3. The molecule has 1 unspecified atom stereocenters. The Bertz CT molecular complexity index is 327. The molecule has 19 heavy (non-hydrogen) atoms. The van der Waals surface area contributed by atoms with Crippen LogP contribution in [-0.2, 0) is 4.79 Å². The Morgan fingerprint density at radius 2 is 1.79 bits per heavy atom. The largest absolute Gasteiger partial charge is 0.337 e. The highest BCUT2D eigenvalue weighted by molar-refractivity contribution is 5.79. The molecule has 0 bridgehead atoms. The number of carbonyl (C=O) groups excluding carboxylic acids is 1. The van der Waals surface area contributed by atoms with Crippen molar-refractivity contribution in [1.29, 1.82) is 5.26 Å². The standard InChI is InChI=1S/C15H27N3O/c1-13(2)15(3,12-16)17-14(19)11-18-9-7-5-4-6-8-10-18/h13H,4-11H2,1-3H3,(H,17,19). The van der Waals surface area contributed by atoms with Crippen LogP contribution in [0.3, 0.4) is 0 Å². The Labute approximate surface area is 117 Å². The van der Waals surface area contributed by atoms with Crippen molar-refractivity contribution in [3.63, 3.8) is 0 Å². The van der Waals surface area contributed by atoms with E-state index in [0.29, 0.717) is 6.54 Å². The van der Waals surface area contributed by atoms with Crippen LogP contribution in [0.25, 0.3) is 0 Å². The summed E-state index contributed by atoms with van der Waals surface area (Å²) in [5.74, 6) is 0.0760. The maximum Gasteiger partial charge on any atom is 0.235 e. The lowest BCUT2D eigenvalue weighted by atomic mass is 9.90. The van der Waals surface area contributed by atoms with E-state index < -0.39 is 5.54 Å². The molecule has 4 heteroatoms. The molecule has 1 aliphatic rings. The molecule has 0 aromatic carbocycles. The molecule has 0 aromatic rings. The summed E-state index contributed by atoms with van der Waals surface area (Å²) < 4.78 is 0. The van der Waals surface area contributed by atoms with Gasteiger partial charge in [-0.1, -0.05) is 33.1 Å². The minimum Gasteiger partial charge on any atom is -0.337 e. The van der Waals surface area contributed by atoms with Crippen LogP contribution in [0.4, 0.5) is 0 Å². The number of nitrogens with zero attached hydrogens (tertiary/aromatic N) is 2. The molecule has 1 rings (SSSR count). The fourth-order valence-electron chi connectivity index (χ4n) is 2.30. The average Bonchev–Trinajstić information content (AvgIpc) is 2.32. The molecule has 0 radical (unpaired) electrons. The van der Waals surface area contributed by atoms with Gasteiger partial charge in [-0.25, -0.2) is 0 Å². The molecule has 1 heterocycles. The smallest absolute Gasteiger partial charge is 0.235 e. The number of carbonyl (C=O) groups is 1. The third kappa shape index (κ3) is 5.20. The molecule has 108 valence electrons. The summed E-state index contributed by atoms with van der Waals surface area (Å²) >= 11 is 0. The molecular weight excluding hydrogens is 238 g/mol. The maximum atomic E-state index is 12.1. The SMILES string of the molecule is CC(C)C(C)(C#N)NC(=O)CN1CCCCCCC1. The fraction of sp³-hybridized carbons (Fsp3) is 0.867. The first-order valence-electron chi connectivity index (χ1n) is 7.42. The Kier molecular flexibility index (Phi) is 6.30. The van der Waals surface area contributed by atoms with E-state index >= 15 is 0 Å². The zero-order valence-corrected chi connectivity index (χ0v) is 12.5. The highest BCUT2D eigenvalue weighted by Gasteiger charge is 2.30. The summed E-state index contributed by atoms with van der Waals surface area (Å²) in [5, 5.41) is 12.1. The highest BCUT2D eigenvalue weighted by Crippen LogP contribution is 2.15. The summed E-state index contributed by atoms with van der Waals surface area (Å²) in [5.41, 5.74) is -0.764. The van der Waals surface area contributed by atoms with E-state index in [1.807, 2.05) is 13.8 Å². The molecule has 4 nitrogen and oxygen atoms in total. The number of amides is 1. The Balaban J connectivity index is 2.47. The fourth-order valence-corrected chi connectivity index (χ4v) is 2.30. The molecule has 1 amide bonds. The topological polar surface area (TPSA) is 56.1 Å². The Hall–Kier alpha value is -1.08. The van der Waals surface area contributed by atoms with Crippen LogP contribution in [0.5, 0.6) is 0 Å². The molecular formula is C15H27N3O. The van der Waals surface area contributed by atoms with Crippen LogP contribution in [0.1, 0.15) is 52.9 Å². The van der Waals surface area contributed by atoms with Gasteiger partial charge in [0.15, 0.2) is 0 Å². The maximum absolute atomic E-state index is 12.1. The van der Waals surface area contributed by atoms with Gasteiger partial charge in [-0.05, 0) is 38.8 Å². The molecule has 1 atom stereocenters. The van der Waals surface area contributed by atoms with Gasteiger partial charge in [-0.15, -0.1) is 0 Å². The number of hydrogen-bond donors (Lipinski definition) is 1. The van der Waals surface area contributed by atoms with Crippen molar-refractivity contribution in [1.82, 2.24) is 10.2 Å².